The van der Waals surface area contributed by atoms with Crippen LogP contribution in [0, 0.1) is 0 Å². The van der Waals surface area contributed by atoms with Gasteiger partial charge in [-0.3, -0.25) is 9.69 Å². The highest BCUT2D eigenvalue weighted by Crippen LogP contribution is 2.33. The molecule has 2 aliphatic heterocycles. The van der Waals surface area contributed by atoms with Crippen LogP contribution in [0.15, 0.2) is 79.0 Å². The first-order valence-electron chi connectivity index (χ1n) is 15.0. The van der Waals surface area contributed by atoms with Crippen LogP contribution in [0.3, 0.4) is 0 Å². The maximum atomic E-state index is 12.8. The topological polar surface area (TPSA) is 88.2 Å². The molecule has 234 valence electrons. The number of hydrogen-bond acceptors (Lipinski definition) is 8. The van der Waals surface area contributed by atoms with E-state index >= 15 is 0 Å². The summed E-state index contributed by atoms with van der Waals surface area (Å²) in [6, 6.07) is 23.2. The molecule has 0 unspecified atom stereocenters. The number of rotatable bonds is 12. The van der Waals surface area contributed by atoms with Crippen molar-refractivity contribution in [2.75, 3.05) is 44.8 Å². The minimum absolute atomic E-state index is 0.192. The van der Waals surface area contributed by atoms with Crippen molar-refractivity contribution in [2.45, 2.75) is 26.1 Å². The minimum Gasteiger partial charge on any atom is -0.454 e. The minimum atomic E-state index is 0.192. The molecule has 6 rings (SSSR count). The predicted octanol–water partition coefficient (Wildman–Crippen LogP) is 6.35. The van der Waals surface area contributed by atoms with E-state index in [9.17, 15) is 4.79 Å². The molecule has 45 heavy (non-hydrogen) atoms. The first-order chi connectivity index (χ1) is 22.0. The molecule has 2 aliphatic rings. The zero-order valence-corrected chi connectivity index (χ0v) is 26.3. The molecule has 0 radical (unpaired) electrons. The number of pyridine rings is 1. The number of benzene rings is 3. The van der Waals surface area contributed by atoms with E-state index in [0.717, 1.165) is 61.0 Å². The van der Waals surface area contributed by atoms with Crippen LogP contribution in [0.5, 0.6) is 23.1 Å². The molecule has 3 heterocycles. The molecule has 9 nitrogen and oxygen atoms in total. The Bertz CT molecular complexity index is 1600. The molecular formula is C34H35Cl2N5O4. The number of hydrogen-bond donors (Lipinski definition) is 2. The van der Waals surface area contributed by atoms with Gasteiger partial charge in [-0.05, 0) is 59.2 Å². The lowest BCUT2D eigenvalue weighted by molar-refractivity contribution is -0.132. The lowest BCUT2D eigenvalue weighted by Gasteiger charge is -2.34. The molecule has 1 fully saturated rings. The Kier molecular flexibility index (Phi) is 10.2. The van der Waals surface area contributed by atoms with Crippen LogP contribution < -0.4 is 24.8 Å². The molecule has 0 bridgehead atoms. The Morgan fingerprint density at radius 3 is 2.38 bits per heavy atom. The second kappa shape index (κ2) is 14.8. The van der Waals surface area contributed by atoms with Crippen LogP contribution in [0.25, 0.3) is 0 Å². The third-order valence-corrected chi connectivity index (χ3v) is 8.51. The van der Waals surface area contributed by atoms with Crippen LogP contribution in [0.4, 0.5) is 5.69 Å². The lowest BCUT2D eigenvalue weighted by Crippen LogP contribution is -2.48. The van der Waals surface area contributed by atoms with Gasteiger partial charge in [0.05, 0.1) is 21.9 Å². The number of piperazine rings is 1. The van der Waals surface area contributed by atoms with E-state index in [1.165, 1.54) is 5.56 Å². The molecule has 3 aromatic carbocycles. The number of aromatic nitrogens is 1. The number of halogens is 2. The van der Waals surface area contributed by atoms with Gasteiger partial charge in [-0.2, -0.15) is 0 Å². The monoisotopic (exact) mass is 647 g/mol. The molecule has 1 amide bonds. The number of anilines is 1. The van der Waals surface area contributed by atoms with Crippen molar-refractivity contribution in [3.8, 4) is 23.1 Å². The fourth-order valence-electron chi connectivity index (χ4n) is 5.23. The summed E-state index contributed by atoms with van der Waals surface area (Å²) in [6.45, 7) is 6.24. The molecule has 0 atom stereocenters. The summed E-state index contributed by atoms with van der Waals surface area (Å²) in [6.07, 6.45) is 2.21. The van der Waals surface area contributed by atoms with E-state index < -0.39 is 0 Å². The molecular weight excluding hydrogens is 613 g/mol. The van der Waals surface area contributed by atoms with E-state index in [1.54, 1.807) is 12.3 Å². The molecule has 11 heteroatoms. The fraction of sp³-hybridized carbons (Fsp3) is 0.294. The van der Waals surface area contributed by atoms with Gasteiger partial charge in [-0.15, -0.1) is 0 Å². The van der Waals surface area contributed by atoms with Gasteiger partial charge in [0, 0.05) is 64.8 Å². The first-order valence-corrected chi connectivity index (χ1v) is 15.7. The van der Waals surface area contributed by atoms with Gasteiger partial charge in [-0.25, -0.2) is 4.98 Å². The van der Waals surface area contributed by atoms with Gasteiger partial charge < -0.3 is 29.7 Å². The Morgan fingerprint density at radius 2 is 1.60 bits per heavy atom. The van der Waals surface area contributed by atoms with Crippen LogP contribution in [0.2, 0.25) is 10.0 Å². The maximum absolute atomic E-state index is 12.8. The summed E-state index contributed by atoms with van der Waals surface area (Å²) in [4.78, 5) is 21.5. The van der Waals surface area contributed by atoms with Crippen molar-refractivity contribution < 1.29 is 19.0 Å². The van der Waals surface area contributed by atoms with E-state index in [0.29, 0.717) is 47.7 Å². The third-order valence-electron chi connectivity index (χ3n) is 7.78. The molecule has 4 aromatic rings. The smallest absolute Gasteiger partial charge is 0.231 e. The van der Waals surface area contributed by atoms with Crippen LogP contribution in [-0.2, 0) is 24.4 Å². The molecule has 2 N–H and O–H groups in total. The SMILES string of the molecule is O=C(CCNCc1ccc(Oc2ccc(NCc3ccc(Cl)c(Cl)c3)cn2)cc1)N1CCN(Cc2ccc3c(c2)OCO3)CC1. The predicted molar refractivity (Wildman–Crippen MR) is 175 cm³/mol. The average Bonchev–Trinajstić information content (AvgIpc) is 3.53. The van der Waals surface area contributed by atoms with Crippen molar-refractivity contribution in [1.82, 2.24) is 20.1 Å². The number of nitrogens with one attached hydrogen (secondary N) is 2. The Balaban J connectivity index is 0.864. The molecule has 0 spiro atoms. The second-order valence-electron chi connectivity index (χ2n) is 11.0. The van der Waals surface area contributed by atoms with Crippen LogP contribution >= 0.6 is 23.2 Å². The van der Waals surface area contributed by atoms with Crippen LogP contribution in [-0.4, -0.2) is 60.2 Å². The summed E-state index contributed by atoms with van der Waals surface area (Å²) in [5, 5.41) is 7.77. The van der Waals surface area contributed by atoms with Crippen LogP contribution in [0.1, 0.15) is 23.1 Å². The quantitative estimate of drug-likeness (QED) is 0.172. The Morgan fingerprint density at radius 1 is 0.822 bits per heavy atom. The fourth-order valence-corrected chi connectivity index (χ4v) is 5.55. The largest absolute Gasteiger partial charge is 0.454 e. The zero-order chi connectivity index (χ0) is 31.0. The van der Waals surface area contributed by atoms with E-state index in [2.05, 4.69) is 26.6 Å². The van der Waals surface area contributed by atoms with E-state index in [-0.39, 0.29) is 12.7 Å². The normalized spacial score (nSPS) is 14.4. The Hall–Kier alpha value is -4.02. The molecule has 0 aliphatic carbocycles. The van der Waals surface area contributed by atoms with Gasteiger partial charge >= 0.3 is 0 Å². The van der Waals surface area contributed by atoms with Gasteiger partial charge in [0.2, 0.25) is 18.6 Å². The second-order valence-corrected chi connectivity index (χ2v) is 11.8. The highest BCUT2D eigenvalue weighted by atomic mass is 35.5. The van der Waals surface area contributed by atoms with Gasteiger partial charge in [0.15, 0.2) is 11.5 Å². The number of amides is 1. The first kappa shape index (κ1) is 31.0. The van der Waals surface area contributed by atoms with E-state index in [1.807, 2.05) is 65.6 Å². The summed E-state index contributed by atoms with van der Waals surface area (Å²) >= 11 is 12.1. The highest BCUT2D eigenvalue weighted by Gasteiger charge is 2.21. The van der Waals surface area contributed by atoms with Crippen molar-refractivity contribution in [1.29, 1.82) is 0 Å². The third kappa shape index (κ3) is 8.58. The van der Waals surface area contributed by atoms with Crippen molar-refractivity contribution >= 4 is 34.8 Å². The zero-order valence-electron chi connectivity index (χ0n) is 24.8. The van der Waals surface area contributed by atoms with Gasteiger partial charge in [-0.1, -0.05) is 47.5 Å². The van der Waals surface area contributed by atoms with Crippen molar-refractivity contribution in [3.63, 3.8) is 0 Å². The van der Waals surface area contributed by atoms with Crippen molar-refractivity contribution in [3.05, 3.63) is 106 Å². The summed E-state index contributed by atoms with van der Waals surface area (Å²) in [7, 11) is 0. The number of nitrogens with zero attached hydrogens (tertiary/aromatic N) is 3. The van der Waals surface area contributed by atoms with Crippen molar-refractivity contribution in [2.24, 2.45) is 0 Å². The summed E-state index contributed by atoms with van der Waals surface area (Å²) in [5.41, 5.74) is 4.20. The number of carbonyl (C=O) groups is 1. The van der Waals surface area contributed by atoms with Gasteiger partial charge in [0.1, 0.15) is 5.75 Å². The Labute approximate surface area is 273 Å². The lowest BCUT2D eigenvalue weighted by atomic mass is 10.1. The maximum Gasteiger partial charge on any atom is 0.231 e. The number of carbonyl (C=O) groups excluding carboxylic acids is 1. The highest BCUT2D eigenvalue weighted by molar-refractivity contribution is 6.42. The molecule has 1 aromatic heterocycles. The molecule has 0 saturated carbocycles. The number of fused-ring (bicyclic) bond motifs is 1. The molecule has 1 saturated heterocycles. The summed E-state index contributed by atoms with van der Waals surface area (Å²) in [5.74, 6) is 3.01. The standard InChI is InChI=1S/C34H35Cl2N5O4/c35-29-8-3-25(17-30(29)36)20-38-27-5-10-33(39-21-27)45-28-6-1-24(2-7-28)19-37-12-11-34(42)41-15-13-40(14-16-41)22-26-4-9-31-32(18-26)44-23-43-31/h1-10,17-18,21,37-38H,11-16,19-20,22-23H2. The number of ether oxygens (including phenoxy) is 3. The van der Waals surface area contributed by atoms with E-state index in [4.69, 9.17) is 37.4 Å². The van der Waals surface area contributed by atoms with Gasteiger partial charge in [0.25, 0.3) is 0 Å². The summed E-state index contributed by atoms with van der Waals surface area (Å²) < 4.78 is 16.8. The average molecular weight is 649 g/mol.